The fraction of sp³-hybridized carbons (Fsp3) is 0.393. The summed E-state index contributed by atoms with van der Waals surface area (Å²) in [4.78, 5) is 17.6. The summed E-state index contributed by atoms with van der Waals surface area (Å²) in [6.45, 7) is 4.95. The van der Waals surface area contributed by atoms with Gasteiger partial charge in [0.2, 0.25) is 5.95 Å². The molecule has 0 spiro atoms. The van der Waals surface area contributed by atoms with Crippen molar-refractivity contribution in [2.24, 2.45) is 0 Å². The molecule has 0 radical (unpaired) electrons. The van der Waals surface area contributed by atoms with E-state index in [4.69, 9.17) is 14.2 Å². The number of fused-ring (bicyclic) bond motifs is 1. The summed E-state index contributed by atoms with van der Waals surface area (Å²) in [6.07, 6.45) is 6.63. The third-order valence-corrected chi connectivity index (χ3v) is 6.24. The lowest BCUT2D eigenvalue weighted by molar-refractivity contribution is -0.139. The summed E-state index contributed by atoms with van der Waals surface area (Å²) in [7, 11) is 1.62. The molecule has 190 valence electrons. The third-order valence-electron chi connectivity index (χ3n) is 6.24. The van der Waals surface area contributed by atoms with Crippen molar-refractivity contribution >= 4 is 11.9 Å². The SMILES string of the molecule is CCCCCCOc1ccc(C2C(C(=O)OCCc3ccccc3)=C(C)Nc3ncnn32)cc1OC. The number of methoxy groups -OCH3 is 1. The van der Waals surface area contributed by atoms with Crippen molar-refractivity contribution in [1.29, 1.82) is 0 Å². The van der Waals surface area contributed by atoms with Crippen LogP contribution < -0.4 is 14.8 Å². The first-order valence-corrected chi connectivity index (χ1v) is 12.5. The van der Waals surface area contributed by atoms with Gasteiger partial charge in [-0.05, 0) is 36.6 Å². The molecule has 1 aliphatic heterocycles. The van der Waals surface area contributed by atoms with Crippen molar-refractivity contribution in [2.75, 3.05) is 25.6 Å². The summed E-state index contributed by atoms with van der Waals surface area (Å²) >= 11 is 0. The molecule has 0 aliphatic carbocycles. The van der Waals surface area contributed by atoms with Crippen LogP contribution in [0.4, 0.5) is 5.95 Å². The molecule has 1 N–H and O–H groups in total. The van der Waals surface area contributed by atoms with E-state index in [1.165, 1.54) is 19.2 Å². The maximum absolute atomic E-state index is 13.3. The van der Waals surface area contributed by atoms with Gasteiger partial charge in [0, 0.05) is 12.1 Å². The van der Waals surface area contributed by atoms with E-state index in [1.54, 1.807) is 11.8 Å². The molecule has 0 amide bonds. The van der Waals surface area contributed by atoms with Crippen molar-refractivity contribution in [1.82, 2.24) is 14.8 Å². The number of aromatic nitrogens is 3. The van der Waals surface area contributed by atoms with Gasteiger partial charge in [-0.2, -0.15) is 10.1 Å². The molecule has 0 saturated heterocycles. The van der Waals surface area contributed by atoms with Crippen LogP contribution in [0.5, 0.6) is 11.5 Å². The predicted molar refractivity (Wildman–Crippen MR) is 138 cm³/mol. The molecule has 1 atom stereocenters. The number of rotatable bonds is 12. The fourth-order valence-electron chi connectivity index (χ4n) is 4.33. The summed E-state index contributed by atoms with van der Waals surface area (Å²) < 4.78 is 19.0. The number of carbonyl (C=O) groups excluding carboxylic acids is 1. The normalized spacial score (nSPS) is 14.7. The Morgan fingerprint density at radius 2 is 1.89 bits per heavy atom. The quantitative estimate of drug-likeness (QED) is 0.272. The monoisotopic (exact) mass is 490 g/mol. The number of allylic oxidation sites excluding steroid dienone is 1. The maximum atomic E-state index is 13.3. The molecular formula is C28H34N4O4. The van der Waals surface area contributed by atoms with E-state index in [0.717, 1.165) is 24.0 Å². The van der Waals surface area contributed by atoms with Crippen LogP contribution >= 0.6 is 0 Å². The number of hydrogen-bond acceptors (Lipinski definition) is 7. The van der Waals surface area contributed by atoms with Gasteiger partial charge in [-0.3, -0.25) is 0 Å². The smallest absolute Gasteiger partial charge is 0.338 e. The van der Waals surface area contributed by atoms with Crippen LogP contribution in [0.3, 0.4) is 0 Å². The Bertz CT molecular complexity index is 1190. The van der Waals surface area contributed by atoms with Crippen LogP contribution in [0, 0.1) is 0 Å². The standard InChI is InChI=1S/C28H34N4O4/c1-4-5-6-10-16-35-23-14-13-22(18-24(23)34-3)26-25(20(2)31-28-29-19-30-32(26)28)27(33)36-17-15-21-11-8-7-9-12-21/h7-9,11-14,18-19,26H,4-6,10,15-17H2,1-3H3,(H,29,30,31). The number of esters is 1. The van der Waals surface area contributed by atoms with Crippen molar-refractivity contribution < 1.29 is 19.0 Å². The lowest BCUT2D eigenvalue weighted by atomic mass is 9.95. The zero-order chi connectivity index (χ0) is 25.3. The molecule has 0 bridgehead atoms. The van der Waals surface area contributed by atoms with Gasteiger partial charge < -0.3 is 19.5 Å². The highest BCUT2D eigenvalue weighted by Crippen LogP contribution is 2.39. The Labute approximate surface area is 212 Å². The minimum absolute atomic E-state index is 0.282. The number of benzene rings is 2. The van der Waals surface area contributed by atoms with E-state index in [1.807, 2.05) is 55.5 Å². The number of carbonyl (C=O) groups is 1. The van der Waals surface area contributed by atoms with Gasteiger partial charge in [0.15, 0.2) is 11.5 Å². The van der Waals surface area contributed by atoms with Gasteiger partial charge in [0.05, 0.1) is 25.9 Å². The summed E-state index contributed by atoms with van der Waals surface area (Å²) in [5.74, 6) is 1.46. The number of nitrogens with zero attached hydrogens (tertiary/aromatic N) is 3. The molecule has 8 heteroatoms. The molecule has 3 aromatic rings. The van der Waals surface area contributed by atoms with Gasteiger partial charge in [0.25, 0.3) is 0 Å². The number of hydrogen-bond donors (Lipinski definition) is 1. The second-order valence-corrected chi connectivity index (χ2v) is 8.79. The highest BCUT2D eigenvalue weighted by atomic mass is 16.5. The van der Waals surface area contributed by atoms with Crippen molar-refractivity contribution in [3.05, 3.63) is 77.3 Å². The van der Waals surface area contributed by atoms with Crippen LogP contribution in [-0.4, -0.2) is 41.1 Å². The highest BCUT2D eigenvalue weighted by molar-refractivity contribution is 5.92. The third kappa shape index (κ3) is 5.87. The van der Waals surface area contributed by atoms with Gasteiger partial charge >= 0.3 is 5.97 Å². The topological polar surface area (TPSA) is 87.5 Å². The Morgan fingerprint density at radius 1 is 1.06 bits per heavy atom. The van der Waals surface area contributed by atoms with Gasteiger partial charge in [-0.1, -0.05) is 62.6 Å². The van der Waals surface area contributed by atoms with Gasteiger partial charge in [-0.15, -0.1) is 0 Å². The van der Waals surface area contributed by atoms with Gasteiger partial charge in [-0.25, -0.2) is 9.48 Å². The highest BCUT2D eigenvalue weighted by Gasteiger charge is 2.34. The molecule has 1 aliphatic rings. The van der Waals surface area contributed by atoms with E-state index in [-0.39, 0.29) is 6.61 Å². The number of unbranched alkanes of at least 4 members (excludes halogenated alkanes) is 3. The first-order chi connectivity index (χ1) is 17.6. The van der Waals surface area contributed by atoms with Crippen LogP contribution in [0.15, 0.2) is 66.1 Å². The number of ether oxygens (including phenoxy) is 3. The zero-order valence-corrected chi connectivity index (χ0v) is 21.2. The van der Waals surface area contributed by atoms with E-state index in [2.05, 4.69) is 22.3 Å². The predicted octanol–water partition coefficient (Wildman–Crippen LogP) is 5.32. The Kier molecular flexibility index (Phi) is 8.60. The lowest BCUT2D eigenvalue weighted by Crippen LogP contribution is -2.30. The molecule has 8 nitrogen and oxygen atoms in total. The Morgan fingerprint density at radius 3 is 2.67 bits per heavy atom. The van der Waals surface area contributed by atoms with Crippen LogP contribution in [-0.2, 0) is 16.0 Å². The summed E-state index contributed by atoms with van der Waals surface area (Å²) in [6, 6.07) is 15.2. The summed E-state index contributed by atoms with van der Waals surface area (Å²) in [5, 5.41) is 7.57. The minimum atomic E-state index is -0.513. The molecule has 0 fully saturated rings. The average molecular weight is 491 g/mol. The number of nitrogens with one attached hydrogen (secondary N) is 1. The molecule has 4 rings (SSSR count). The average Bonchev–Trinajstić information content (AvgIpc) is 3.36. The first kappa shape index (κ1) is 25.3. The van der Waals surface area contributed by atoms with Crippen LogP contribution in [0.2, 0.25) is 0 Å². The fourth-order valence-corrected chi connectivity index (χ4v) is 4.33. The van der Waals surface area contributed by atoms with Crippen molar-refractivity contribution in [2.45, 2.75) is 52.0 Å². The number of anilines is 1. The largest absolute Gasteiger partial charge is 0.493 e. The first-order valence-electron chi connectivity index (χ1n) is 12.5. The maximum Gasteiger partial charge on any atom is 0.338 e. The van der Waals surface area contributed by atoms with Crippen LogP contribution in [0.25, 0.3) is 0 Å². The molecule has 2 heterocycles. The zero-order valence-electron chi connectivity index (χ0n) is 21.2. The van der Waals surface area contributed by atoms with E-state index in [9.17, 15) is 4.79 Å². The molecule has 36 heavy (non-hydrogen) atoms. The molecule has 0 saturated carbocycles. The van der Waals surface area contributed by atoms with Gasteiger partial charge in [0.1, 0.15) is 12.4 Å². The van der Waals surface area contributed by atoms with E-state index in [0.29, 0.717) is 41.7 Å². The Hall–Kier alpha value is -3.81. The Balaban J connectivity index is 1.55. The second kappa shape index (κ2) is 12.2. The lowest BCUT2D eigenvalue weighted by Gasteiger charge is -2.28. The van der Waals surface area contributed by atoms with E-state index >= 15 is 0 Å². The van der Waals surface area contributed by atoms with Crippen molar-refractivity contribution in [3.63, 3.8) is 0 Å². The molecular weight excluding hydrogens is 456 g/mol. The molecule has 1 unspecified atom stereocenters. The second-order valence-electron chi connectivity index (χ2n) is 8.79. The summed E-state index contributed by atoms with van der Waals surface area (Å²) in [5.41, 5.74) is 3.10. The van der Waals surface area contributed by atoms with Crippen molar-refractivity contribution in [3.8, 4) is 11.5 Å². The van der Waals surface area contributed by atoms with Crippen LogP contribution in [0.1, 0.15) is 56.7 Å². The minimum Gasteiger partial charge on any atom is -0.493 e. The molecule has 2 aromatic carbocycles. The molecule has 1 aromatic heterocycles. The van der Waals surface area contributed by atoms with E-state index < -0.39 is 12.0 Å².